The zero-order valence-corrected chi connectivity index (χ0v) is 23.8. The zero-order chi connectivity index (χ0) is 27.7. The van der Waals surface area contributed by atoms with Gasteiger partial charge in [-0.2, -0.15) is 4.37 Å². The van der Waals surface area contributed by atoms with Gasteiger partial charge in [0.15, 0.2) is 0 Å². The van der Waals surface area contributed by atoms with Gasteiger partial charge in [-0.05, 0) is 48.9 Å². The van der Waals surface area contributed by atoms with E-state index in [2.05, 4.69) is 20.2 Å². The molecule has 10 heteroatoms. The fraction of sp³-hybridized carbons (Fsp3) is 0.367. The Balaban J connectivity index is 1.20. The van der Waals surface area contributed by atoms with Crippen molar-refractivity contribution >= 4 is 28.3 Å². The Labute approximate surface area is 239 Å². The minimum atomic E-state index is 0.142. The van der Waals surface area contributed by atoms with E-state index in [1.54, 1.807) is 13.4 Å². The number of aromatic nitrogens is 2. The second-order valence-electron chi connectivity index (χ2n) is 9.54. The number of benzene rings is 2. The molecule has 210 valence electrons. The summed E-state index contributed by atoms with van der Waals surface area (Å²) in [6.07, 6.45) is 2.66. The molecule has 0 unspecified atom stereocenters. The number of furan rings is 1. The van der Waals surface area contributed by atoms with Crippen molar-refractivity contribution in [1.82, 2.24) is 14.3 Å². The maximum Gasteiger partial charge on any atom is 0.224 e. The molecule has 0 spiro atoms. The number of ether oxygens (including phenoxy) is 2. The smallest absolute Gasteiger partial charge is 0.224 e. The second-order valence-corrected chi connectivity index (χ2v) is 10.3. The Morgan fingerprint density at radius 3 is 2.70 bits per heavy atom. The van der Waals surface area contributed by atoms with Crippen molar-refractivity contribution in [2.75, 3.05) is 56.2 Å². The van der Waals surface area contributed by atoms with Gasteiger partial charge < -0.3 is 28.6 Å². The summed E-state index contributed by atoms with van der Waals surface area (Å²) in [4.78, 5) is 24.4. The van der Waals surface area contributed by atoms with Crippen LogP contribution in [0.5, 0.6) is 11.5 Å². The first-order valence-corrected chi connectivity index (χ1v) is 14.4. The van der Waals surface area contributed by atoms with Gasteiger partial charge in [0, 0.05) is 57.1 Å². The van der Waals surface area contributed by atoms with E-state index in [9.17, 15) is 4.79 Å². The Morgan fingerprint density at radius 2 is 1.93 bits per heavy atom. The molecule has 5 rings (SSSR count). The van der Waals surface area contributed by atoms with Crippen molar-refractivity contribution in [2.24, 2.45) is 0 Å². The first-order valence-electron chi connectivity index (χ1n) is 13.6. The zero-order valence-electron chi connectivity index (χ0n) is 23.0. The summed E-state index contributed by atoms with van der Waals surface area (Å²) in [5.41, 5.74) is 2.17. The van der Waals surface area contributed by atoms with Gasteiger partial charge in [-0.1, -0.05) is 24.3 Å². The summed E-state index contributed by atoms with van der Waals surface area (Å²) >= 11 is 1.35. The van der Waals surface area contributed by atoms with Gasteiger partial charge in [0.1, 0.15) is 23.1 Å². The van der Waals surface area contributed by atoms with Crippen LogP contribution in [0, 0.1) is 0 Å². The maximum atomic E-state index is 13.2. The molecule has 4 aromatic rings. The predicted molar refractivity (Wildman–Crippen MR) is 156 cm³/mol. The Hall–Kier alpha value is -4.05. The average molecular weight is 562 g/mol. The third-order valence-corrected chi connectivity index (χ3v) is 7.70. The van der Waals surface area contributed by atoms with Crippen LogP contribution in [0.2, 0.25) is 0 Å². The minimum absolute atomic E-state index is 0.142. The van der Waals surface area contributed by atoms with Gasteiger partial charge in [-0.25, -0.2) is 4.98 Å². The molecule has 2 aromatic carbocycles. The van der Waals surface area contributed by atoms with Crippen LogP contribution in [-0.2, 0) is 17.8 Å². The lowest BCUT2D eigenvalue weighted by molar-refractivity contribution is -0.131. The van der Waals surface area contributed by atoms with E-state index in [4.69, 9.17) is 18.9 Å². The molecule has 9 nitrogen and oxygen atoms in total. The quantitative estimate of drug-likeness (QED) is 0.242. The van der Waals surface area contributed by atoms with Crippen molar-refractivity contribution in [1.29, 1.82) is 0 Å². The Kier molecular flexibility index (Phi) is 9.18. The van der Waals surface area contributed by atoms with Gasteiger partial charge in [0.05, 0.1) is 32.2 Å². The summed E-state index contributed by atoms with van der Waals surface area (Å²) in [7, 11) is 1.66. The standard InChI is InChI=1S/C30H35N5O4S/c1-3-38-27-12-5-4-11-26(27)33-15-17-34(18-16-33)29(36)13-14-35(22-25-10-7-19-39-25)30-31-28(32-40-30)21-23-8-6-9-24(20-23)37-2/h4-12,19-20H,3,13-18,21-22H2,1-2H3. The number of hydrogen-bond acceptors (Lipinski definition) is 9. The average Bonchev–Trinajstić information content (AvgIpc) is 3.68. The van der Waals surface area contributed by atoms with Crippen LogP contribution in [0.4, 0.5) is 10.8 Å². The minimum Gasteiger partial charge on any atom is -0.497 e. The number of para-hydroxylation sites is 2. The number of methoxy groups -OCH3 is 1. The first kappa shape index (κ1) is 27.5. The largest absolute Gasteiger partial charge is 0.497 e. The van der Waals surface area contributed by atoms with Gasteiger partial charge in [-0.15, -0.1) is 0 Å². The highest BCUT2D eigenvalue weighted by molar-refractivity contribution is 7.09. The number of rotatable bonds is 12. The highest BCUT2D eigenvalue weighted by Gasteiger charge is 2.24. The lowest BCUT2D eigenvalue weighted by atomic mass is 10.1. The van der Waals surface area contributed by atoms with Crippen molar-refractivity contribution in [2.45, 2.75) is 26.3 Å². The first-order chi connectivity index (χ1) is 19.6. The number of hydrogen-bond donors (Lipinski definition) is 0. The number of piperazine rings is 1. The van der Waals surface area contributed by atoms with E-state index in [1.807, 2.05) is 66.4 Å². The molecular formula is C30H35N5O4S. The molecule has 0 aliphatic carbocycles. The normalized spacial score (nSPS) is 13.3. The third-order valence-electron chi connectivity index (χ3n) is 6.88. The topological polar surface area (TPSA) is 84.2 Å². The molecule has 1 amide bonds. The van der Waals surface area contributed by atoms with E-state index >= 15 is 0 Å². The third kappa shape index (κ3) is 6.93. The van der Waals surface area contributed by atoms with Crippen LogP contribution in [0.3, 0.4) is 0 Å². The van der Waals surface area contributed by atoms with Gasteiger partial charge in [0.25, 0.3) is 0 Å². The number of anilines is 2. The van der Waals surface area contributed by atoms with Crippen LogP contribution in [-0.4, -0.2) is 66.6 Å². The summed E-state index contributed by atoms with van der Waals surface area (Å²) < 4.78 is 21.4. The van der Waals surface area contributed by atoms with E-state index in [0.717, 1.165) is 52.6 Å². The molecule has 0 bridgehead atoms. The molecular weight excluding hydrogens is 526 g/mol. The van der Waals surface area contributed by atoms with Crippen LogP contribution in [0.1, 0.15) is 30.5 Å². The molecule has 2 aromatic heterocycles. The fourth-order valence-corrected chi connectivity index (χ4v) is 5.53. The molecule has 40 heavy (non-hydrogen) atoms. The lowest BCUT2D eigenvalue weighted by Crippen LogP contribution is -2.49. The van der Waals surface area contributed by atoms with Crippen LogP contribution in [0.25, 0.3) is 0 Å². The Bertz CT molecular complexity index is 1370. The summed E-state index contributed by atoms with van der Waals surface area (Å²) in [5, 5.41) is 0.777. The second kappa shape index (κ2) is 13.3. The van der Waals surface area contributed by atoms with Crippen LogP contribution in [0.15, 0.2) is 71.3 Å². The van der Waals surface area contributed by atoms with Crippen molar-refractivity contribution in [3.8, 4) is 11.5 Å². The summed E-state index contributed by atoms with van der Waals surface area (Å²) in [5.74, 6) is 3.40. The number of nitrogens with zero attached hydrogens (tertiary/aromatic N) is 5. The molecule has 1 saturated heterocycles. The molecule has 0 N–H and O–H groups in total. The van der Waals surface area contributed by atoms with E-state index in [1.165, 1.54) is 11.5 Å². The van der Waals surface area contributed by atoms with E-state index < -0.39 is 0 Å². The predicted octanol–water partition coefficient (Wildman–Crippen LogP) is 4.87. The number of carbonyl (C=O) groups is 1. The molecule has 0 saturated carbocycles. The summed E-state index contributed by atoms with van der Waals surface area (Å²) in [6.45, 7) is 6.58. The Morgan fingerprint density at radius 1 is 1.07 bits per heavy atom. The van der Waals surface area contributed by atoms with Crippen molar-refractivity contribution in [3.63, 3.8) is 0 Å². The highest BCUT2D eigenvalue weighted by Crippen LogP contribution is 2.29. The van der Waals surface area contributed by atoms with Gasteiger partial charge >= 0.3 is 0 Å². The van der Waals surface area contributed by atoms with E-state index in [-0.39, 0.29) is 5.91 Å². The highest BCUT2D eigenvalue weighted by atomic mass is 32.1. The molecule has 0 atom stereocenters. The van der Waals surface area contributed by atoms with Crippen LogP contribution >= 0.6 is 11.5 Å². The molecule has 1 aliphatic rings. The molecule has 1 aliphatic heterocycles. The fourth-order valence-electron chi connectivity index (χ4n) is 4.82. The number of carbonyl (C=O) groups excluding carboxylic acids is 1. The lowest BCUT2D eigenvalue weighted by Gasteiger charge is -2.37. The molecule has 3 heterocycles. The maximum absolute atomic E-state index is 13.2. The van der Waals surface area contributed by atoms with Gasteiger partial charge in [-0.3, -0.25) is 4.79 Å². The molecule has 1 fully saturated rings. The SMILES string of the molecule is CCOc1ccccc1N1CCN(C(=O)CCN(Cc2ccco2)c2nc(Cc3cccc(OC)c3)ns2)CC1. The van der Waals surface area contributed by atoms with Crippen molar-refractivity contribution < 1.29 is 18.7 Å². The van der Waals surface area contributed by atoms with Crippen molar-refractivity contribution in [3.05, 3.63) is 84.1 Å². The van der Waals surface area contributed by atoms with E-state index in [0.29, 0.717) is 45.6 Å². The number of amides is 1. The summed E-state index contributed by atoms with van der Waals surface area (Å²) in [6, 6.07) is 19.8. The van der Waals surface area contributed by atoms with Gasteiger partial charge in [0.2, 0.25) is 11.0 Å². The molecule has 0 radical (unpaired) electrons. The van der Waals surface area contributed by atoms with Crippen LogP contribution < -0.4 is 19.3 Å². The monoisotopic (exact) mass is 561 g/mol.